The largest absolute Gasteiger partial charge is 0.480 e. The Morgan fingerprint density at radius 1 is 0.750 bits per heavy atom. The molecule has 48 heavy (non-hydrogen) atoms. The van der Waals surface area contributed by atoms with Crippen molar-refractivity contribution in [3.8, 4) is 11.5 Å². The molecule has 4 atom stereocenters. The number of carboxylic acid groups (broad SMARTS) is 1. The Morgan fingerprint density at radius 3 is 1.58 bits per heavy atom. The van der Waals surface area contributed by atoms with Crippen molar-refractivity contribution in [2.75, 3.05) is 13.2 Å². The van der Waals surface area contributed by atoms with Crippen molar-refractivity contribution in [3.05, 3.63) is 59.7 Å². The van der Waals surface area contributed by atoms with E-state index in [2.05, 4.69) is 18.9 Å². The lowest BCUT2D eigenvalue weighted by Crippen LogP contribution is -2.42. The highest BCUT2D eigenvalue weighted by molar-refractivity contribution is 7.52. The predicted molar refractivity (Wildman–Crippen MR) is 188 cm³/mol. The van der Waals surface area contributed by atoms with Gasteiger partial charge >= 0.3 is 27.4 Å². The van der Waals surface area contributed by atoms with E-state index in [0.29, 0.717) is 18.6 Å². The Labute approximate surface area is 285 Å². The van der Waals surface area contributed by atoms with Crippen LogP contribution in [0, 0.1) is 0 Å². The number of carboxylic acids is 1. The number of hydrogen-bond acceptors (Lipinski definition) is 9. The number of aliphatic carboxylic acids is 1. The van der Waals surface area contributed by atoms with Crippen LogP contribution in [0.2, 0.25) is 0 Å². The smallest absolute Gasteiger partial charge is 0.462 e. The van der Waals surface area contributed by atoms with Crippen molar-refractivity contribution in [2.45, 2.75) is 106 Å². The van der Waals surface area contributed by atoms with Gasteiger partial charge in [-0.3, -0.25) is 18.6 Å². The fourth-order valence-corrected chi connectivity index (χ4v) is 8.71. The number of nitrogens with one attached hydrogen (secondary N) is 1. The topological polar surface area (TPSA) is 150 Å². The van der Waals surface area contributed by atoms with Crippen LogP contribution >= 0.6 is 15.5 Å². The molecule has 2 N–H and O–H groups in total. The van der Waals surface area contributed by atoms with Crippen LogP contribution in [-0.4, -0.2) is 59.2 Å². The molecule has 0 spiro atoms. The maximum atomic E-state index is 13.9. The molecule has 0 heterocycles. The van der Waals surface area contributed by atoms with Gasteiger partial charge in [0.15, 0.2) is 0 Å². The first kappa shape index (κ1) is 41.2. The zero-order chi connectivity index (χ0) is 36.2. The van der Waals surface area contributed by atoms with Gasteiger partial charge in [0.05, 0.1) is 19.3 Å². The second-order valence-corrected chi connectivity index (χ2v) is 15.1. The van der Waals surface area contributed by atoms with Gasteiger partial charge in [0.2, 0.25) is 0 Å². The average Bonchev–Trinajstić information content (AvgIpc) is 3.00. The lowest BCUT2D eigenvalue weighted by Gasteiger charge is -2.35. The number of nitrogens with zero attached hydrogens (tertiary/aromatic N) is 1. The summed E-state index contributed by atoms with van der Waals surface area (Å²) in [6.07, 6.45) is 1.10. The van der Waals surface area contributed by atoms with Crippen LogP contribution < -0.4 is 14.1 Å². The van der Waals surface area contributed by atoms with Crippen LogP contribution in [0.1, 0.15) is 93.2 Å². The van der Waals surface area contributed by atoms with Crippen molar-refractivity contribution >= 4 is 38.6 Å². The molecule has 2 unspecified atom stereocenters. The summed E-state index contributed by atoms with van der Waals surface area (Å²) in [5, 5.41) is 12.3. The number of allylic oxidation sites excluding steroid dienone is 2. The highest BCUT2D eigenvalue weighted by Crippen LogP contribution is 2.54. The molecule has 268 valence electrons. The van der Waals surface area contributed by atoms with E-state index in [4.69, 9.17) is 22.8 Å². The van der Waals surface area contributed by atoms with Crippen LogP contribution in [0.3, 0.4) is 0 Å². The molecule has 2 rings (SSSR count). The van der Waals surface area contributed by atoms with E-state index in [-0.39, 0.29) is 25.1 Å². The minimum Gasteiger partial charge on any atom is -0.480 e. The molecule has 0 aliphatic heterocycles. The molecule has 0 amide bonds. The molecule has 0 aromatic heterocycles. The summed E-state index contributed by atoms with van der Waals surface area (Å²) in [7, 11) is -7.90. The number of rotatable bonds is 20. The first-order chi connectivity index (χ1) is 22.5. The third kappa shape index (κ3) is 11.3. The molecular weight excluding hydrogens is 658 g/mol. The quantitative estimate of drug-likeness (QED) is 0.0770. The van der Waals surface area contributed by atoms with Crippen molar-refractivity contribution in [2.24, 2.45) is 0 Å². The average molecular weight is 711 g/mol. The van der Waals surface area contributed by atoms with E-state index in [1.54, 1.807) is 65.8 Å². The summed E-state index contributed by atoms with van der Waals surface area (Å²) in [5.74, 6) is -1.12. The standard InChI is InChI=1S/C34H52N2O10P2/c1-11-31(27-15-19-29(20-16-27)45-47(40,42-13-3)35-25(9)34(39)44-24(7)8)32(12-2)28-17-21-30(22-18-28)46-48(41,43-14-4)36(23(5)6)26(10)33(37)38/h15-26H,11-14H2,1-10H3,(H,35,40)(H,37,38)/b32-31+/t25-,26+,47?,48?/m1/s1. The summed E-state index contributed by atoms with van der Waals surface area (Å²) in [6, 6.07) is 11.8. The second-order valence-electron chi connectivity index (χ2n) is 11.5. The van der Waals surface area contributed by atoms with Crippen molar-refractivity contribution in [3.63, 3.8) is 0 Å². The monoisotopic (exact) mass is 710 g/mol. The van der Waals surface area contributed by atoms with E-state index in [1.165, 1.54) is 18.5 Å². The Morgan fingerprint density at radius 2 is 1.21 bits per heavy atom. The Kier molecular flexibility index (Phi) is 16.0. The highest BCUT2D eigenvalue weighted by atomic mass is 31.2. The van der Waals surface area contributed by atoms with Crippen LogP contribution in [0.15, 0.2) is 48.5 Å². The molecule has 14 heteroatoms. The van der Waals surface area contributed by atoms with Crippen LogP contribution in [0.4, 0.5) is 0 Å². The maximum Gasteiger partial charge on any atom is 0.462 e. The molecule has 0 saturated carbocycles. The Hall–Kier alpha value is -2.98. The van der Waals surface area contributed by atoms with Crippen LogP contribution in [0.5, 0.6) is 11.5 Å². The minimum absolute atomic E-state index is 0.0725. The van der Waals surface area contributed by atoms with Gasteiger partial charge in [-0.2, -0.15) is 9.76 Å². The van der Waals surface area contributed by atoms with E-state index in [9.17, 15) is 23.8 Å². The molecule has 2 aromatic rings. The van der Waals surface area contributed by atoms with E-state index >= 15 is 0 Å². The van der Waals surface area contributed by atoms with E-state index < -0.39 is 45.6 Å². The Bertz CT molecular complexity index is 1480. The number of benzene rings is 2. The summed E-state index contributed by atoms with van der Waals surface area (Å²) >= 11 is 0. The molecule has 2 aromatic carbocycles. The molecule has 0 radical (unpaired) electrons. The maximum absolute atomic E-state index is 13.9. The third-order valence-electron chi connectivity index (χ3n) is 7.14. The van der Waals surface area contributed by atoms with Crippen LogP contribution in [0.25, 0.3) is 11.1 Å². The zero-order valence-electron chi connectivity index (χ0n) is 29.7. The van der Waals surface area contributed by atoms with Gasteiger partial charge in [-0.25, -0.2) is 9.13 Å². The summed E-state index contributed by atoms with van der Waals surface area (Å²) in [6.45, 7) is 17.6. The van der Waals surface area contributed by atoms with E-state index in [0.717, 1.165) is 22.3 Å². The SMILES string of the molecule is CCOP(=O)(N[C@H](C)C(=O)OC(C)C)Oc1ccc(/C(CC)=C(\CC)c2ccc(OP(=O)(OCC)N(C(C)C)[C@@H](C)C(=O)O)cc2)cc1. The molecule has 0 bridgehead atoms. The van der Waals surface area contributed by atoms with E-state index in [1.807, 2.05) is 24.3 Å². The highest BCUT2D eigenvalue weighted by Gasteiger charge is 2.43. The zero-order valence-corrected chi connectivity index (χ0v) is 31.5. The number of carbonyl (C=O) groups excluding carboxylic acids is 1. The van der Waals surface area contributed by atoms with Gasteiger partial charge in [-0.1, -0.05) is 38.1 Å². The molecule has 0 saturated heterocycles. The molecule has 0 aliphatic carbocycles. The van der Waals surface area contributed by atoms with Crippen molar-refractivity contribution in [1.29, 1.82) is 0 Å². The predicted octanol–water partition coefficient (Wildman–Crippen LogP) is 8.58. The fraction of sp³-hybridized carbons (Fsp3) is 0.529. The first-order valence-electron chi connectivity index (χ1n) is 16.4. The number of carbonyl (C=O) groups is 2. The molecular formula is C34H52N2O10P2. The summed E-state index contributed by atoms with van der Waals surface area (Å²) in [4.78, 5) is 24.1. The van der Waals surface area contributed by atoms with Crippen LogP contribution in [-0.2, 0) is 32.5 Å². The Balaban J connectivity index is 2.36. The lowest BCUT2D eigenvalue weighted by molar-refractivity contribution is -0.149. The molecule has 0 aliphatic rings. The number of ether oxygens (including phenoxy) is 1. The molecule has 0 fully saturated rings. The number of esters is 1. The third-order valence-corrected chi connectivity index (χ3v) is 11.3. The van der Waals surface area contributed by atoms with Gasteiger partial charge in [0.25, 0.3) is 0 Å². The minimum atomic E-state index is -4.01. The summed E-state index contributed by atoms with van der Waals surface area (Å²) < 4.78 is 56.4. The number of hydrogen-bond donors (Lipinski definition) is 2. The molecule has 12 nitrogen and oxygen atoms in total. The van der Waals surface area contributed by atoms with Crippen molar-refractivity contribution in [1.82, 2.24) is 9.76 Å². The lowest BCUT2D eigenvalue weighted by atomic mass is 9.91. The first-order valence-corrected chi connectivity index (χ1v) is 19.4. The second kappa shape index (κ2) is 18.7. The van der Waals surface area contributed by atoms with Gasteiger partial charge in [-0.05, 0) is 115 Å². The van der Waals surface area contributed by atoms with Gasteiger partial charge in [0, 0.05) is 6.04 Å². The fourth-order valence-electron chi connectivity index (χ4n) is 5.13. The van der Waals surface area contributed by atoms with Gasteiger partial charge < -0.3 is 18.9 Å². The summed E-state index contributed by atoms with van der Waals surface area (Å²) in [5.41, 5.74) is 4.02. The van der Waals surface area contributed by atoms with Crippen molar-refractivity contribution < 1.29 is 46.7 Å². The van der Waals surface area contributed by atoms with Gasteiger partial charge in [-0.15, -0.1) is 0 Å². The normalized spacial score (nSPS) is 16.1. The van der Waals surface area contributed by atoms with Gasteiger partial charge in [0.1, 0.15) is 23.6 Å².